The van der Waals surface area contributed by atoms with E-state index in [1.165, 1.54) is 7.05 Å². The molecule has 6 nitrogen and oxygen atoms in total. The number of carbonyl (C=O) groups excluding carboxylic acids is 1. The van der Waals surface area contributed by atoms with E-state index in [1.54, 1.807) is 66.6 Å². The number of nitrogens with zero attached hydrogens (tertiary/aromatic N) is 1. The van der Waals surface area contributed by atoms with E-state index in [-0.39, 0.29) is 10.8 Å². The van der Waals surface area contributed by atoms with Crippen molar-refractivity contribution in [1.82, 2.24) is 5.32 Å². The minimum absolute atomic E-state index is 0.181. The summed E-state index contributed by atoms with van der Waals surface area (Å²) in [6.45, 7) is 2.36. The van der Waals surface area contributed by atoms with E-state index < -0.39 is 10.0 Å². The van der Waals surface area contributed by atoms with Crippen LogP contribution in [0.15, 0.2) is 76.2 Å². The van der Waals surface area contributed by atoms with Gasteiger partial charge in [0.2, 0.25) is 0 Å². The summed E-state index contributed by atoms with van der Waals surface area (Å²) >= 11 is 1.65. The third kappa shape index (κ3) is 5.25. The third-order valence-electron chi connectivity index (χ3n) is 4.52. The molecule has 0 atom stereocenters. The van der Waals surface area contributed by atoms with Crippen LogP contribution in [-0.4, -0.2) is 33.7 Å². The molecule has 1 N–H and O–H groups in total. The van der Waals surface area contributed by atoms with E-state index in [0.717, 1.165) is 21.4 Å². The first-order valence-electron chi connectivity index (χ1n) is 9.42. The van der Waals surface area contributed by atoms with Gasteiger partial charge in [-0.1, -0.05) is 29.8 Å². The molecule has 3 aromatic rings. The fourth-order valence-corrected chi connectivity index (χ4v) is 4.81. The maximum atomic E-state index is 13.0. The summed E-state index contributed by atoms with van der Waals surface area (Å²) in [6.07, 6.45) is 1.63. The van der Waals surface area contributed by atoms with Crippen molar-refractivity contribution in [1.29, 1.82) is 0 Å². The highest BCUT2D eigenvalue weighted by Gasteiger charge is 2.24. The van der Waals surface area contributed by atoms with Gasteiger partial charge in [-0.25, -0.2) is 8.42 Å². The molecule has 158 valence electrons. The first-order valence-corrected chi connectivity index (χ1v) is 12.0. The number of thioether (sulfide) groups is 1. The molecule has 0 radical (unpaired) electrons. The molecule has 3 rings (SSSR count). The average molecular weight is 445 g/mol. The largest absolute Gasteiger partial charge is 0.468 e. The van der Waals surface area contributed by atoms with Crippen molar-refractivity contribution < 1.29 is 17.6 Å². The molecule has 0 bridgehead atoms. The zero-order chi connectivity index (χ0) is 21.6. The summed E-state index contributed by atoms with van der Waals surface area (Å²) in [6, 6.07) is 17.1. The van der Waals surface area contributed by atoms with Gasteiger partial charge in [0, 0.05) is 19.3 Å². The Hall–Kier alpha value is -2.71. The van der Waals surface area contributed by atoms with E-state index in [2.05, 4.69) is 5.32 Å². The number of furan rings is 1. The lowest BCUT2D eigenvalue weighted by Gasteiger charge is -2.22. The molecule has 1 heterocycles. The predicted molar refractivity (Wildman–Crippen MR) is 120 cm³/mol. The van der Waals surface area contributed by atoms with Crippen LogP contribution in [0.2, 0.25) is 0 Å². The highest BCUT2D eigenvalue weighted by molar-refractivity contribution is 7.98. The van der Waals surface area contributed by atoms with Gasteiger partial charge in [0.25, 0.3) is 15.9 Å². The van der Waals surface area contributed by atoms with Crippen molar-refractivity contribution >= 4 is 33.4 Å². The first kappa shape index (κ1) is 22.0. The van der Waals surface area contributed by atoms with E-state index in [9.17, 15) is 13.2 Å². The van der Waals surface area contributed by atoms with Gasteiger partial charge < -0.3 is 9.73 Å². The van der Waals surface area contributed by atoms with Crippen LogP contribution >= 0.6 is 11.8 Å². The van der Waals surface area contributed by atoms with Gasteiger partial charge >= 0.3 is 0 Å². The molecule has 2 aromatic carbocycles. The van der Waals surface area contributed by atoms with E-state index in [0.29, 0.717) is 23.5 Å². The lowest BCUT2D eigenvalue weighted by Crippen LogP contribution is -2.31. The summed E-state index contributed by atoms with van der Waals surface area (Å²) in [4.78, 5) is 12.9. The molecule has 0 saturated carbocycles. The number of aryl methyl sites for hydroxylation is 1. The summed E-state index contributed by atoms with van der Waals surface area (Å²) in [7, 11) is -2.32. The smallest absolute Gasteiger partial charge is 0.264 e. The Bertz CT molecular complexity index is 1080. The molecule has 0 saturated heterocycles. The number of anilines is 1. The summed E-state index contributed by atoms with van der Waals surface area (Å²) in [5.74, 6) is 2.03. The number of sulfonamides is 1. The predicted octanol–water partition coefficient (Wildman–Crippen LogP) is 4.08. The minimum Gasteiger partial charge on any atom is -0.468 e. The SMILES string of the molecule is Cc1ccc(S(=O)(=O)N(C)c2ccccc2C(=O)NCCSCc2ccco2)cc1. The number of rotatable bonds is 9. The standard InChI is InChI=1S/C22H24N2O4S2/c1-17-9-11-19(12-10-17)30(26,27)24(2)21-8-4-3-7-20(21)22(25)23-13-15-29-16-18-6-5-14-28-18/h3-12,14H,13,15-16H2,1-2H3,(H,23,25). The van der Waals surface area contributed by atoms with Crippen molar-refractivity contribution in [3.8, 4) is 0 Å². The topological polar surface area (TPSA) is 79.6 Å². The Balaban J connectivity index is 1.67. The van der Waals surface area contributed by atoms with Crippen molar-refractivity contribution in [3.63, 3.8) is 0 Å². The molecule has 0 fully saturated rings. The molecule has 0 spiro atoms. The van der Waals surface area contributed by atoms with Crippen LogP contribution in [0.4, 0.5) is 5.69 Å². The van der Waals surface area contributed by atoms with Gasteiger partial charge in [-0.3, -0.25) is 9.10 Å². The number of benzene rings is 2. The van der Waals surface area contributed by atoms with E-state index >= 15 is 0 Å². The maximum absolute atomic E-state index is 13.0. The molecular weight excluding hydrogens is 420 g/mol. The van der Waals surface area contributed by atoms with Gasteiger partial charge in [-0.2, -0.15) is 11.8 Å². The van der Waals surface area contributed by atoms with Crippen LogP contribution in [-0.2, 0) is 15.8 Å². The molecule has 0 aliphatic rings. The Morgan fingerprint density at radius 1 is 1.07 bits per heavy atom. The zero-order valence-corrected chi connectivity index (χ0v) is 18.5. The number of para-hydroxylation sites is 1. The molecule has 0 aliphatic heterocycles. The number of nitrogens with one attached hydrogen (secondary N) is 1. The van der Waals surface area contributed by atoms with E-state index in [1.807, 2.05) is 19.1 Å². The Morgan fingerprint density at radius 2 is 1.80 bits per heavy atom. The fourth-order valence-electron chi connectivity index (χ4n) is 2.84. The molecule has 0 unspecified atom stereocenters. The molecule has 8 heteroatoms. The minimum atomic E-state index is -3.78. The highest BCUT2D eigenvalue weighted by Crippen LogP contribution is 2.26. The van der Waals surface area contributed by atoms with Crippen LogP contribution in [0.3, 0.4) is 0 Å². The Kier molecular flexibility index (Phi) is 7.23. The van der Waals surface area contributed by atoms with Crippen molar-refractivity contribution in [3.05, 3.63) is 83.8 Å². The van der Waals surface area contributed by atoms with Gasteiger partial charge in [-0.15, -0.1) is 0 Å². The molecular formula is C22H24N2O4S2. The normalized spacial score (nSPS) is 11.3. The number of amides is 1. The quantitative estimate of drug-likeness (QED) is 0.503. The summed E-state index contributed by atoms with van der Waals surface area (Å²) in [5.41, 5.74) is 1.62. The molecule has 1 aromatic heterocycles. The Morgan fingerprint density at radius 3 is 2.50 bits per heavy atom. The summed E-state index contributed by atoms with van der Waals surface area (Å²) in [5, 5.41) is 2.86. The van der Waals surface area contributed by atoms with Crippen LogP contribution in [0, 0.1) is 6.92 Å². The van der Waals surface area contributed by atoms with Crippen LogP contribution in [0.5, 0.6) is 0 Å². The second kappa shape index (κ2) is 9.86. The van der Waals surface area contributed by atoms with E-state index in [4.69, 9.17) is 4.42 Å². The summed E-state index contributed by atoms with van der Waals surface area (Å²) < 4.78 is 32.5. The fraction of sp³-hybridized carbons (Fsp3) is 0.227. The van der Waals surface area contributed by atoms with Crippen LogP contribution in [0.25, 0.3) is 0 Å². The van der Waals surface area contributed by atoms with Gasteiger partial charge in [0.1, 0.15) is 5.76 Å². The molecule has 0 aliphatic carbocycles. The number of hydrogen-bond donors (Lipinski definition) is 1. The van der Waals surface area contributed by atoms with Crippen molar-refractivity contribution in [2.75, 3.05) is 23.7 Å². The highest BCUT2D eigenvalue weighted by atomic mass is 32.2. The van der Waals surface area contributed by atoms with Crippen molar-refractivity contribution in [2.45, 2.75) is 17.6 Å². The second-order valence-electron chi connectivity index (χ2n) is 6.69. The maximum Gasteiger partial charge on any atom is 0.264 e. The van der Waals surface area contributed by atoms with Gasteiger partial charge in [-0.05, 0) is 43.3 Å². The first-order chi connectivity index (χ1) is 14.4. The van der Waals surface area contributed by atoms with Crippen molar-refractivity contribution in [2.24, 2.45) is 0 Å². The monoisotopic (exact) mass is 444 g/mol. The third-order valence-corrected chi connectivity index (χ3v) is 7.29. The lowest BCUT2D eigenvalue weighted by atomic mass is 10.1. The Labute approximate surface area is 181 Å². The number of carbonyl (C=O) groups is 1. The zero-order valence-electron chi connectivity index (χ0n) is 16.9. The van der Waals surface area contributed by atoms with Gasteiger partial charge in [0.05, 0.1) is 28.2 Å². The van der Waals surface area contributed by atoms with Crippen LogP contribution < -0.4 is 9.62 Å². The lowest BCUT2D eigenvalue weighted by molar-refractivity contribution is 0.0957. The van der Waals surface area contributed by atoms with Gasteiger partial charge in [0.15, 0.2) is 0 Å². The average Bonchev–Trinajstić information content (AvgIpc) is 3.26. The molecule has 30 heavy (non-hydrogen) atoms. The molecule has 1 amide bonds. The number of hydrogen-bond acceptors (Lipinski definition) is 5. The van der Waals surface area contributed by atoms with Crippen LogP contribution in [0.1, 0.15) is 21.7 Å². The second-order valence-corrected chi connectivity index (χ2v) is 9.77.